The minimum Gasteiger partial charge on any atom is -0.338 e. The van der Waals surface area contributed by atoms with Gasteiger partial charge in [0.25, 0.3) is 0 Å². The van der Waals surface area contributed by atoms with Crippen molar-refractivity contribution in [2.75, 3.05) is 0 Å². The highest BCUT2D eigenvalue weighted by molar-refractivity contribution is 5.53. The van der Waals surface area contributed by atoms with E-state index in [0.717, 1.165) is 5.56 Å². The predicted molar refractivity (Wildman–Crippen MR) is 106 cm³/mol. The third-order valence-corrected chi connectivity index (χ3v) is 4.50. The van der Waals surface area contributed by atoms with Gasteiger partial charge in [0.2, 0.25) is 11.7 Å². The van der Waals surface area contributed by atoms with Crippen LogP contribution in [-0.2, 0) is 6.54 Å². The molecule has 0 bridgehead atoms. The van der Waals surface area contributed by atoms with Crippen LogP contribution >= 0.6 is 0 Å². The van der Waals surface area contributed by atoms with Crippen LogP contribution in [0.5, 0.6) is 0 Å². The van der Waals surface area contributed by atoms with Crippen LogP contribution in [-0.4, -0.2) is 10.1 Å². The number of aromatic nitrogens is 2. The van der Waals surface area contributed by atoms with E-state index in [1.54, 1.807) is 0 Å². The standard InChI is InChI=1S/C23H21N3O/c1-17-12-14-19(15-13-17)22(18-8-4-2-5-9-18)24-16-21-25-23(26-27-21)20-10-6-3-7-11-20/h2-15,22,24H,16H2,1H3/t22-/m0/s1. The molecule has 4 heteroatoms. The van der Waals surface area contributed by atoms with E-state index in [1.807, 2.05) is 36.4 Å². The Morgan fingerprint density at radius 1 is 0.815 bits per heavy atom. The van der Waals surface area contributed by atoms with Crippen molar-refractivity contribution in [2.24, 2.45) is 0 Å². The summed E-state index contributed by atoms with van der Waals surface area (Å²) in [6, 6.07) is 28.9. The number of rotatable bonds is 6. The zero-order chi connectivity index (χ0) is 18.5. The summed E-state index contributed by atoms with van der Waals surface area (Å²) in [5, 5.41) is 7.65. The molecule has 4 aromatic rings. The monoisotopic (exact) mass is 355 g/mol. The summed E-state index contributed by atoms with van der Waals surface area (Å²) in [6.45, 7) is 2.59. The Morgan fingerprint density at radius 3 is 2.15 bits per heavy atom. The topological polar surface area (TPSA) is 51.0 Å². The van der Waals surface area contributed by atoms with E-state index in [2.05, 4.69) is 70.9 Å². The maximum Gasteiger partial charge on any atom is 0.240 e. The third-order valence-electron chi connectivity index (χ3n) is 4.50. The quantitative estimate of drug-likeness (QED) is 0.533. The summed E-state index contributed by atoms with van der Waals surface area (Å²) in [4.78, 5) is 4.51. The zero-order valence-electron chi connectivity index (χ0n) is 15.2. The van der Waals surface area contributed by atoms with Crippen LogP contribution in [0.15, 0.2) is 89.5 Å². The molecule has 1 N–H and O–H groups in total. The summed E-state index contributed by atoms with van der Waals surface area (Å²) in [6.07, 6.45) is 0. The predicted octanol–water partition coefficient (Wildman–Crippen LogP) is 4.92. The average Bonchev–Trinajstić information content (AvgIpc) is 3.20. The van der Waals surface area contributed by atoms with Gasteiger partial charge in [0.05, 0.1) is 12.6 Å². The maximum atomic E-state index is 5.44. The first-order chi connectivity index (χ1) is 13.3. The van der Waals surface area contributed by atoms with E-state index >= 15 is 0 Å². The molecule has 3 aromatic carbocycles. The van der Waals surface area contributed by atoms with Crippen molar-refractivity contribution in [1.82, 2.24) is 15.5 Å². The van der Waals surface area contributed by atoms with E-state index < -0.39 is 0 Å². The first-order valence-corrected chi connectivity index (χ1v) is 9.02. The summed E-state index contributed by atoms with van der Waals surface area (Å²) >= 11 is 0. The van der Waals surface area contributed by atoms with Crippen molar-refractivity contribution >= 4 is 0 Å². The van der Waals surface area contributed by atoms with E-state index in [0.29, 0.717) is 18.3 Å². The van der Waals surface area contributed by atoms with Crippen LogP contribution in [0.25, 0.3) is 11.4 Å². The first-order valence-electron chi connectivity index (χ1n) is 9.02. The molecule has 1 heterocycles. The Balaban J connectivity index is 1.54. The van der Waals surface area contributed by atoms with E-state index in [9.17, 15) is 0 Å². The molecule has 0 spiro atoms. The average molecular weight is 355 g/mol. The van der Waals surface area contributed by atoms with Crippen LogP contribution in [0, 0.1) is 6.92 Å². The highest BCUT2D eigenvalue weighted by atomic mass is 16.5. The summed E-state index contributed by atoms with van der Waals surface area (Å²) in [5.74, 6) is 1.18. The first kappa shape index (κ1) is 17.2. The van der Waals surface area contributed by atoms with Gasteiger partial charge in [0, 0.05) is 5.56 Å². The minimum atomic E-state index is 0.0545. The Morgan fingerprint density at radius 2 is 1.44 bits per heavy atom. The van der Waals surface area contributed by atoms with E-state index in [4.69, 9.17) is 4.52 Å². The number of nitrogens with one attached hydrogen (secondary N) is 1. The van der Waals surface area contributed by atoms with Gasteiger partial charge in [-0.3, -0.25) is 5.32 Å². The lowest BCUT2D eigenvalue weighted by Crippen LogP contribution is -2.22. The van der Waals surface area contributed by atoms with Crippen molar-refractivity contribution in [3.63, 3.8) is 0 Å². The van der Waals surface area contributed by atoms with Crippen molar-refractivity contribution in [2.45, 2.75) is 19.5 Å². The number of hydrogen-bond acceptors (Lipinski definition) is 4. The molecule has 0 unspecified atom stereocenters. The minimum absolute atomic E-state index is 0.0545. The van der Waals surface area contributed by atoms with Crippen LogP contribution < -0.4 is 5.32 Å². The molecule has 0 saturated heterocycles. The van der Waals surface area contributed by atoms with Gasteiger partial charge >= 0.3 is 0 Å². The molecule has 1 aromatic heterocycles. The summed E-state index contributed by atoms with van der Waals surface area (Å²) < 4.78 is 5.44. The molecule has 0 aliphatic carbocycles. The SMILES string of the molecule is Cc1ccc([C@@H](NCc2nc(-c3ccccc3)no2)c2ccccc2)cc1. The second-order valence-corrected chi connectivity index (χ2v) is 6.51. The Bertz CT molecular complexity index is 979. The lowest BCUT2D eigenvalue weighted by Gasteiger charge is -2.19. The van der Waals surface area contributed by atoms with Crippen LogP contribution in [0.2, 0.25) is 0 Å². The van der Waals surface area contributed by atoms with Crippen LogP contribution in [0.4, 0.5) is 0 Å². The molecule has 4 rings (SSSR count). The van der Waals surface area contributed by atoms with Gasteiger partial charge in [-0.05, 0) is 18.1 Å². The Kier molecular flexibility index (Phi) is 5.08. The Labute approximate surface area is 158 Å². The molecule has 0 saturated carbocycles. The zero-order valence-corrected chi connectivity index (χ0v) is 15.2. The number of benzene rings is 3. The molecule has 0 radical (unpaired) electrons. The largest absolute Gasteiger partial charge is 0.338 e. The molecule has 0 aliphatic heterocycles. The van der Waals surface area contributed by atoms with Crippen molar-refractivity contribution in [3.8, 4) is 11.4 Å². The fraction of sp³-hybridized carbons (Fsp3) is 0.130. The second kappa shape index (κ2) is 7.98. The number of hydrogen-bond donors (Lipinski definition) is 1. The normalized spacial score (nSPS) is 12.0. The fourth-order valence-corrected chi connectivity index (χ4v) is 3.05. The molecule has 27 heavy (non-hydrogen) atoms. The molecule has 0 fully saturated rings. The number of nitrogens with zero attached hydrogens (tertiary/aromatic N) is 2. The molecule has 0 amide bonds. The van der Waals surface area contributed by atoms with Crippen molar-refractivity contribution < 1.29 is 4.52 Å². The van der Waals surface area contributed by atoms with Gasteiger partial charge in [-0.1, -0.05) is 95.6 Å². The fourth-order valence-electron chi connectivity index (χ4n) is 3.05. The van der Waals surface area contributed by atoms with Gasteiger partial charge in [-0.2, -0.15) is 4.98 Å². The molecule has 0 aliphatic rings. The van der Waals surface area contributed by atoms with Crippen molar-refractivity contribution in [1.29, 1.82) is 0 Å². The third kappa shape index (κ3) is 4.13. The number of aryl methyl sites for hydroxylation is 1. The molecule has 1 atom stereocenters. The molecule has 4 nitrogen and oxygen atoms in total. The van der Waals surface area contributed by atoms with Gasteiger partial charge in [0.15, 0.2) is 0 Å². The molecular formula is C23H21N3O. The molecular weight excluding hydrogens is 334 g/mol. The highest BCUT2D eigenvalue weighted by Gasteiger charge is 2.15. The lowest BCUT2D eigenvalue weighted by atomic mass is 9.98. The van der Waals surface area contributed by atoms with Crippen LogP contribution in [0.3, 0.4) is 0 Å². The van der Waals surface area contributed by atoms with E-state index in [1.165, 1.54) is 16.7 Å². The van der Waals surface area contributed by atoms with Crippen LogP contribution in [0.1, 0.15) is 28.6 Å². The van der Waals surface area contributed by atoms with Gasteiger partial charge in [0.1, 0.15) is 0 Å². The van der Waals surface area contributed by atoms with Gasteiger partial charge < -0.3 is 4.52 Å². The maximum absolute atomic E-state index is 5.44. The Hall–Kier alpha value is -3.24. The van der Waals surface area contributed by atoms with Crippen molar-refractivity contribution in [3.05, 3.63) is 108 Å². The smallest absolute Gasteiger partial charge is 0.240 e. The van der Waals surface area contributed by atoms with E-state index in [-0.39, 0.29) is 6.04 Å². The highest BCUT2D eigenvalue weighted by Crippen LogP contribution is 2.23. The summed E-state index contributed by atoms with van der Waals surface area (Å²) in [7, 11) is 0. The second-order valence-electron chi connectivity index (χ2n) is 6.51. The summed E-state index contributed by atoms with van der Waals surface area (Å²) in [5.41, 5.74) is 4.60. The molecule has 134 valence electrons. The van der Waals surface area contributed by atoms with Gasteiger partial charge in [-0.15, -0.1) is 0 Å². The lowest BCUT2D eigenvalue weighted by molar-refractivity contribution is 0.363. The van der Waals surface area contributed by atoms with Gasteiger partial charge in [-0.25, -0.2) is 0 Å².